The molecule has 0 atom stereocenters. The molecule has 0 bridgehead atoms. The Labute approximate surface area is 109 Å². The van der Waals surface area contributed by atoms with E-state index in [1.165, 1.54) is 18.4 Å². The second-order valence-corrected chi connectivity index (χ2v) is 5.36. The Bertz CT molecular complexity index is 533. The van der Waals surface area contributed by atoms with E-state index in [1.807, 2.05) is 6.07 Å². The van der Waals surface area contributed by atoms with Crippen LogP contribution in [0.4, 0.5) is 0 Å². The standard InChI is InChI=1S/C13H14BrN3/c14-11-5-3-4-10(8-11)9-13-16-15-12-6-1-2-7-17(12)13/h3-5,8H,1-2,6-7,9H2. The van der Waals surface area contributed by atoms with Gasteiger partial charge in [0.05, 0.1) is 0 Å². The summed E-state index contributed by atoms with van der Waals surface area (Å²) in [6.07, 6.45) is 4.43. The highest BCUT2D eigenvalue weighted by atomic mass is 79.9. The molecule has 0 saturated heterocycles. The number of halogens is 1. The van der Waals surface area contributed by atoms with Crippen LogP contribution >= 0.6 is 15.9 Å². The van der Waals surface area contributed by atoms with Crippen LogP contribution in [0, 0.1) is 0 Å². The lowest BCUT2D eigenvalue weighted by atomic mass is 10.1. The molecule has 1 aliphatic heterocycles. The molecule has 0 radical (unpaired) electrons. The minimum Gasteiger partial charge on any atom is -0.315 e. The van der Waals surface area contributed by atoms with Crippen molar-refractivity contribution in [3.8, 4) is 0 Å². The minimum absolute atomic E-state index is 0.867. The highest BCUT2D eigenvalue weighted by Gasteiger charge is 2.15. The summed E-state index contributed by atoms with van der Waals surface area (Å²) in [5.41, 5.74) is 1.28. The van der Waals surface area contributed by atoms with Gasteiger partial charge >= 0.3 is 0 Å². The third-order valence-electron chi connectivity index (χ3n) is 3.19. The predicted molar refractivity (Wildman–Crippen MR) is 69.9 cm³/mol. The van der Waals surface area contributed by atoms with Gasteiger partial charge in [-0.25, -0.2) is 0 Å². The summed E-state index contributed by atoms with van der Waals surface area (Å²) in [7, 11) is 0. The molecule has 2 aromatic rings. The first-order chi connectivity index (χ1) is 8.33. The first kappa shape index (κ1) is 11.0. The number of aromatic nitrogens is 3. The van der Waals surface area contributed by atoms with E-state index in [9.17, 15) is 0 Å². The van der Waals surface area contributed by atoms with Crippen LogP contribution in [-0.4, -0.2) is 14.8 Å². The van der Waals surface area contributed by atoms with Crippen LogP contribution in [0.2, 0.25) is 0 Å². The molecule has 3 nitrogen and oxygen atoms in total. The summed E-state index contributed by atoms with van der Waals surface area (Å²) in [6, 6.07) is 8.38. The largest absolute Gasteiger partial charge is 0.315 e. The lowest BCUT2D eigenvalue weighted by molar-refractivity contribution is 0.510. The van der Waals surface area contributed by atoms with E-state index in [2.05, 4.69) is 48.9 Å². The second kappa shape index (κ2) is 4.61. The third-order valence-corrected chi connectivity index (χ3v) is 3.68. The number of rotatable bonds is 2. The molecule has 4 heteroatoms. The van der Waals surface area contributed by atoms with Crippen molar-refractivity contribution in [2.75, 3.05) is 0 Å². The van der Waals surface area contributed by atoms with Crippen LogP contribution in [0.15, 0.2) is 28.7 Å². The van der Waals surface area contributed by atoms with Gasteiger partial charge in [-0.2, -0.15) is 0 Å². The second-order valence-electron chi connectivity index (χ2n) is 4.45. The Morgan fingerprint density at radius 1 is 1.24 bits per heavy atom. The third kappa shape index (κ3) is 2.27. The summed E-state index contributed by atoms with van der Waals surface area (Å²) in [4.78, 5) is 0. The Hall–Kier alpha value is -1.16. The van der Waals surface area contributed by atoms with Gasteiger partial charge in [0.2, 0.25) is 0 Å². The number of aryl methyl sites for hydroxylation is 1. The maximum atomic E-state index is 4.32. The van der Waals surface area contributed by atoms with Crippen molar-refractivity contribution >= 4 is 15.9 Å². The zero-order valence-corrected chi connectivity index (χ0v) is 11.2. The summed E-state index contributed by atoms with van der Waals surface area (Å²) >= 11 is 3.50. The smallest absolute Gasteiger partial charge is 0.137 e. The van der Waals surface area contributed by atoms with E-state index >= 15 is 0 Å². The van der Waals surface area contributed by atoms with E-state index in [0.717, 1.165) is 35.5 Å². The minimum atomic E-state index is 0.867. The monoisotopic (exact) mass is 291 g/mol. The van der Waals surface area contributed by atoms with Crippen LogP contribution in [0.3, 0.4) is 0 Å². The maximum Gasteiger partial charge on any atom is 0.137 e. The van der Waals surface area contributed by atoms with E-state index in [1.54, 1.807) is 0 Å². The molecule has 17 heavy (non-hydrogen) atoms. The van der Waals surface area contributed by atoms with Gasteiger partial charge in [0, 0.05) is 23.9 Å². The van der Waals surface area contributed by atoms with Gasteiger partial charge < -0.3 is 4.57 Å². The quantitative estimate of drug-likeness (QED) is 0.852. The van der Waals surface area contributed by atoms with Gasteiger partial charge in [-0.1, -0.05) is 28.1 Å². The fraction of sp³-hybridized carbons (Fsp3) is 0.385. The van der Waals surface area contributed by atoms with Gasteiger partial charge in [-0.15, -0.1) is 10.2 Å². The molecular formula is C13H14BrN3. The Morgan fingerprint density at radius 3 is 3.06 bits per heavy atom. The molecule has 1 aromatic carbocycles. The predicted octanol–water partition coefficient (Wildman–Crippen LogP) is 2.97. The molecule has 2 heterocycles. The van der Waals surface area contributed by atoms with Crippen molar-refractivity contribution in [2.24, 2.45) is 0 Å². The van der Waals surface area contributed by atoms with Crippen molar-refractivity contribution in [1.29, 1.82) is 0 Å². The van der Waals surface area contributed by atoms with Crippen LogP contribution in [0.5, 0.6) is 0 Å². The molecule has 0 aliphatic carbocycles. The highest BCUT2D eigenvalue weighted by molar-refractivity contribution is 9.10. The SMILES string of the molecule is Brc1cccc(Cc2nnc3n2CCCC3)c1. The lowest BCUT2D eigenvalue weighted by Gasteiger charge is -2.14. The van der Waals surface area contributed by atoms with Gasteiger partial charge in [0.25, 0.3) is 0 Å². The van der Waals surface area contributed by atoms with Crippen LogP contribution in [0.1, 0.15) is 30.1 Å². The van der Waals surface area contributed by atoms with Crippen LogP contribution in [0.25, 0.3) is 0 Å². The zero-order chi connectivity index (χ0) is 11.7. The van der Waals surface area contributed by atoms with Gasteiger partial charge in [-0.3, -0.25) is 0 Å². The number of hydrogen-bond acceptors (Lipinski definition) is 2. The van der Waals surface area contributed by atoms with Crippen molar-refractivity contribution in [1.82, 2.24) is 14.8 Å². The van der Waals surface area contributed by atoms with Gasteiger partial charge in [0.1, 0.15) is 11.6 Å². The molecule has 0 N–H and O–H groups in total. The zero-order valence-electron chi connectivity index (χ0n) is 9.56. The average Bonchev–Trinajstić information content (AvgIpc) is 2.73. The number of hydrogen-bond donors (Lipinski definition) is 0. The van der Waals surface area contributed by atoms with Crippen LogP contribution < -0.4 is 0 Å². The molecular weight excluding hydrogens is 278 g/mol. The molecule has 3 rings (SSSR count). The van der Waals surface area contributed by atoms with Crippen molar-refractivity contribution < 1.29 is 0 Å². The molecule has 1 aliphatic rings. The van der Waals surface area contributed by atoms with Gasteiger partial charge in [-0.05, 0) is 30.5 Å². The maximum absolute atomic E-state index is 4.32. The van der Waals surface area contributed by atoms with E-state index in [0.29, 0.717) is 0 Å². The van der Waals surface area contributed by atoms with Crippen molar-refractivity contribution in [2.45, 2.75) is 32.2 Å². The van der Waals surface area contributed by atoms with Crippen LogP contribution in [-0.2, 0) is 19.4 Å². The lowest BCUT2D eigenvalue weighted by Crippen LogP contribution is -2.13. The first-order valence-electron chi connectivity index (χ1n) is 5.98. The number of fused-ring (bicyclic) bond motifs is 1. The Balaban J connectivity index is 1.88. The normalized spacial score (nSPS) is 14.6. The van der Waals surface area contributed by atoms with Crippen molar-refractivity contribution in [3.05, 3.63) is 46.0 Å². The molecule has 0 fully saturated rings. The fourth-order valence-corrected chi connectivity index (χ4v) is 2.78. The Kier molecular flexibility index (Phi) is 2.97. The molecule has 0 saturated carbocycles. The average molecular weight is 292 g/mol. The topological polar surface area (TPSA) is 30.7 Å². The van der Waals surface area contributed by atoms with E-state index in [4.69, 9.17) is 0 Å². The molecule has 88 valence electrons. The van der Waals surface area contributed by atoms with Gasteiger partial charge in [0.15, 0.2) is 0 Å². The van der Waals surface area contributed by atoms with Crippen molar-refractivity contribution in [3.63, 3.8) is 0 Å². The summed E-state index contributed by atoms with van der Waals surface area (Å²) in [6.45, 7) is 1.08. The Morgan fingerprint density at radius 2 is 2.18 bits per heavy atom. The van der Waals surface area contributed by atoms with E-state index < -0.39 is 0 Å². The summed E-state index contributed by atoms with van der Waals surface area (Å²) in [5.74, 6) is 2.25. The molecule has 0 unspecified atom stereocenters. The fourth-order valence-electron chi connectivity index (χ4n) is 2.33. The molecule has 0 amide bonds. The highest BCUT2D eigenvalue weighted by Crippen LogP contribution is 2.18. The molecule has 1 aromatic heterocycles. The number of nitrogens with zero attached hydrogens (tertiary/aromatic N) is 3. The van der Waals surface area contributed by atoms with E-state index in [-0.39, 0.29) is 0 Å². The summed E-state index contributed by atoms with van der Waals surface area (Å²) < 4.78 is 3.40. The molecule has 0 spiro atoms. The summed E-state index contributed by atoms with van der Waals surface area (Å²) in [5, 5.41) is 8.60. The number of benzene rings is 1. The first-order valence-corrected chi connectivity index (χ1v) is 6.77.